The highest BCUT2D eigenvalue weighted by molar-refractivity contribution is 6.14. The van der Waals surface area contributed by atoms with E-state index in [0.717, 1.165) is 52.4 Å². The molecule has 32 heavy (non-hydrogen) atoms. The molecular weight excluding hydrogens is 402 g/mol. The summed E-state index contributed by atoms with van der Waals surface area (Å²) >= 11 is 0. The molecule has 0 spiro atoms. The minimum Gasteiger partial charge on any atom is -0.487 e. The molecule has 1 atom stereocenters. The van der Waals surface area contributed by atoms with E-state index in [2.05, 4.69) is 11.0 Å². The molecule has 164 valence electrons. The van der Waals surface area contributed by atoms with Gasteiger partial charge in [-0.25, -0.2) is 0 Å². The maximum Gasteiger partial charge on any atom is 0.258 e. The van der Waals surface area contributed by atoms with Gasteiger partial charge >= 0.3 is 0 Å². The molecule has 6 rings (SSSR count). The molecule has 2 aromatic carbocycles. The Morgan fingerprint density at radius 3 is 2.47 bits per heavy atom. The second kappa shape index (κ2) is 7.20. The minimum atomic E-state index is -0.0516. The van der Waals surface area contributed by atoms with Crippen molar-refractivity contribution in [1.82, 2.24) is 14.0 Å². The number of piperidine rings is 1. The van der Waals surface area contributed by atoms with Crippen molar-refractivity contribution in [2.24, 2.45) is 7.05 Å². The molecule has 1 fully saturated rings. The lowest BCUT2D eigenvalue weighted by Crippen LogP contribution is -2.42. The van der Waals surface area contributed by atoms with E-state index in [1.807, 2.05) is 35.8 Å². The van der Waals surface area contributed by atoms with Crippen molar-refractivity contribution in [3.63, 3.8) is 0 Å². The normalized spacial score (nSPS) is 19.0. The van der Waals surface area contributed by atoms with Gasteiger partial charge in [-0.2, -0.15) is 0 Å². The van der Waals surface area contributed by atoms with Crippen LogP contribution in [0.3, 0.4) is 0 Å². The molecule has 4 aromatic rings. The van der Waals surface area contributed by atoms with E-state index in [4.69, 9.17) is 4.74 Å². The monoisotopic (exact) mass is 429 g/mol. The predicted molar refractivity (Wildman–Crippen MR) is 128 cm³/mol. The van der Waals surface area contributed by atoms with Gasteiger partial charge in [0.15, 0.2) is 5.75 Å². The van der Waals surface area contributed by atoms with Gasteiger partial charge in [0.1, 0.15) is 6.61 Å². The Hall–Kier alpha value is -3.12. The van der Waals surface area contributed by atoms with Gasteiger partial charge in [-0.3, -0.25) is 14.2 Å². The first-order chi connectivity index (χ1) is 15.5. The van der Waals surface area contributed by atoms with Crippen LogP contribution >= 0.6 is 0 Å². The van der Waals surface area contributed by atoms with Crippen molar-refractivity contribution >= 4 is 32.6 Å². The summed E-state index contributed by atoms with van der Waals surface area (Å²) in [6.07, 6.45) is 3.70. The van der Waals surface area contributed by atoms with Gasteiger partial charge in [-0.1, -0.05) is 24.6 Å². The van der Waals surface area contributed by atoms with Gasteiger partial charge in [0.2, 0.25) is 0 Å². The molecule has 2 aromatic heterocycles. The molecule has 0 unspecified atom stereocenters. The number of rotatable bonds is 2. The number of hydrogen-bond acceptors (Lipinski definition) is 4. The van der Waals surface area contributed by atoms with Crippen LogP contribution in [0.15, 0.2) is 46.0 Å². The molecule has 2 aliphatic heterocycles. The van der Waals surface area contributed by atoms with E-state index in [1.165, 1.54) is 19.3 Å². The van der Waals surface area contributed by atoms with Crippen LogP contribution in [0.5, 0.6) is 5.75 Å². The third-order valence-corrected chi connectivity index (χ3v) is 7.26. The highest BCUT2D eigenvalue weighted by Gasteiger charge is 2.29. The SMILES string of the molecule is Cc1cc(=O)n2c3c(c4c(cc13)c1ccccc1c(=O)n4C)OC[C@@H]2CN1CCCCC1. The van der Waals surface area contributed by atoms with Crippen molar-refractivity contribution in [1.29, 1.82) is 0 Å². The van der Waals surface area contributed by atoms with Crippen LogP contribution < -0.4 is 15.9 Å². The number of likely N-dealkylation sites (tertiary alicyclic amines) is 1. The summed E-state index contributed by atoms with van der Waals surface area (Å²) in [6, 6.07) is 11.6. The second-order valence-corrected chi connectivity index (χ2v) is 9.27. The Kier molecular flexibility index (Phi) is 4.40. The number of fused-ring (bicyclic) bond motifs is 4. The van der Waals surface area contributed by atoms with E-state index in [1.54, 1.807) is 17.7 Å². The fraction of sp³-hybridized carbons (Fsp3) is 0.385. The van der Waals surface area contributed by atoms with E-state index < -0.39 is 0 Å². The van der Waals surface area contributed by atoms with Crippen LogP contribution in [0.2, 0.25) is 0 Å². The predicted octanol–water partition coefficient (Wildman–Crippen LogP) is 3.73. The summed E-state index contributed by atoms with van der Waals surface area (Å²) in [7, 11) is 1.79. The summed E-state index contributed by atoms with van der Waals surface area (Å²) in [6.45, 7) is 5.37. The first kappa shape index (κ1) is 19.6. The molecule has 4 heterocycles. The number of aromatic nitrogens is 2. The summed E-state index contributed by atoms with van der Waals surface area (Å²) in [4.78, 5) is 28.8. The van der Waals surface area contributed by atoms with Crippen molar-refractivity contribution in [2.45, 2.75) is 32.2 Å². The van der Waals surface area contributed by atoms with Gasteiger partial charge in [-0.05, 0) is 55.9 Å². The highest BCUT2D eigenvalue weighted by Crippen LogP contribution is 2.40. The van der Waals surface area contributed by atoms with Crippen molar-refractivity contribution in [2.75, 3.05) is 26.2 Å². The van der Waals surface area contributed by atoms with Gasteiger partial charge in [0.25, 0.3) is 11.1 Å². The quantitative estimate of drug-likeness (QED) is 0.360. The van der Waals surface area contributed by atoms with Crippen LogP contribution in [0.4, 0.5) is 0 Å². The maximum atomic E-state index is 13.2. The number of pyridine rings is 2. The fourth-order valence-corrected chi connectivity index (χ4v) is 5.67. The summed E-state index contributed by atoms with van der Waals surface area (Å²) < 4.78 is 10.0. The number of benzene rings is 2. The van der Waals surface area contributed by atoms with E-state index in [-0.39, 0.29) is 17.2 Å². The second-order valence-electron chi connectivity index (χ2n) is 9.27. The molecule has 6 nitrogen and oxygen atoms in total. The average molecular weight is 430 g/mol. The van der Waals surface area contributed by atoms with Crippen LogP contribution in [-0.2, 0) is 7.05 Å². The van der Waals surface area contributed by atoms with Gasteiger partial charge < -0.3 is 14.2 Å². The van der Waals surface area contributed by atoms with E-state index >= 15 is 0 Å². The number of aryl methyl sites for hydroxylation is 2. The summed E-state index contributed by atoms with van der Waals surface area (Å²) in [5.41, 5.74) is 2.47. The van der Waals surface area contributed by atoms with Crippen LogP contribution in [0.1, 0.15) is 30.9 Å². The van der Waals surface area contributed by atoms with Crippen molar-refractivity contribution < 1.29 is 4.74 Å². The number of hydrogen-bond donors (Lipinski definition) is 0. The minimum absolute atomic E-state index is 0.00620. The lowest BCUT2D eigenvalue weighted by Gasteiger charge is -2.35. The maximum absolute atomic E-state index is 13.2. The van der Waals surface area contributed by atoms with Crippen LogP contribution in [0.25, 0.3) is 32.6 Å². The Morgan fingerprint density at radius 1 is 0.938 bits per heavy atom. The molecule has 1 saturated heterocycles. The lowest BCUT2D eigenvalue weighted by atomic mass is 9.99. The Balaban J connectivity index is 1.68. The van der Waals surface area contributed by atoms with Gasteiger partial charge in [-0.15, -0.1) is 0 Å². The summed E-state index contributed by atoms with van der Waals surface area (Å²) in [5, 5.41) is 3.60. The largest absolute Gasteiger partial charge is 0.487 e. The van der Waals surface area contributed by atoms with Gasteiger partial charge in [0.05, 0.1) is 17.1 Å². The molecule has 0 aliphatic carbocycles. The van der Waals surface area contributed by atoms with Gasteiger partial charge in [0, 0.05) is 35.8 Å². The third kappa shape index (κ3) is 2.75. The standard InChI is InChI=1S/C26H27N3O3/c1-16-12-22(30)29-17(14-28-10-6-3-7-11-28)15-32-25-23-21(13-20(16)24(25)29)18-8-4-5-9-19(18)26(31)27(23)2/h4-5,8-9,12-13,17H,3,6-7,10-11,14-15H2,1-2H3/t17-/m0/s1. The lowest BCUT2D eigenvalue weighted by molar-refractivity contribution is 0.152. The zero-order chi connectivity index (χ0) is 22.0. The molecule has 2 aliphatic rings. The highest BCUT2D eigenvalue weighted by atomic mass is 16.5. The van der Waals surface area contributed by atoms with Crippen molar-refractivity contribution in [3.05, 3.63) is 62.7 Å². The first-order valence-corrected chi connectivity index (χ1v) is 11.5. The Morgan fingerprint density at radius 2 is 1.69 bits per heavy atom. The van der Waals surface area contributed by atoms with Crippen molar-refractivity contribution in [3.8, 4) is 5.75 Å². The smallest absolute Gasteiger partial charge is 0.258 e. The molecule has 0 bridgehead atoms. The van der Waals surface area contributed by atoms with E-state index in [9.17, 15) is 9.59 Å². The Labute approximate surface area is 185 Å². The molecule has 6 heteroatoms. The molecule has 0 saturated carbocycles. The molecule has 0 N–H and O–H groups in total. The zero-order valence-corrected chi connectivity index (χ0v) is 18.6. The summed E-state index contributed by atoms with van der Waals surface area (Å²) in [5.74, 6) is 0.651. The topological polar surface area (TPSA) is 56.5 Å². The zero-order valence-electron chi connectivity index (χ0n) is 18.6. The third-order valence-electron chi connectivity index (χ3n) is 7.26. The molecular formula is C26H27N3O3. The van der Waals surface area contributed by atoms with E-state index in [0.29, 0.717) is 17.7 Å². The van der Waals surface area contributed by atoms with Crippen LogP contribution in [0, 0.1) is 6.92 Å². The first-order valence-electron chi connectivity index (χ1n) is 11.5. The Bertz CT molecular complexity index is 1510. The average Bonchev–Trinajstić information content (AvgIpc) is 2.81. The fourth-order valence-electron chi connectivity index (χ4n) is 5.67. The molecule has 0 radical (unpaired) electrons. The number of nitrogens with zero attached hydrogens (tertiary/aromatic N) is 3. The number of ether oxygens (including phenoxy) is 1. The van der Waals surface area contributed by atoms with Crippen LogP contribution in [-0.4, -0.2) is 40.3 Å². The molecule has 0 amide bonds.